The molecule has 0 unspecified atom stereocenters. The van der Waals surface area contributed by atoms with Crippen molar-refractivity contribution < 1.29 is 23.8 Å². The highest BCUT2D eigenvalue weighted by atomic mass is 16.6. The summed E-state index contributed by atoms with van der Waals surface area (Å²) >= 11 is 0. The van der Waals surface area contributed by atoms with Gasteiger partial charge in [0, 0.05) is 6.54 Å². The molecule has 3 N–H and O–H groups in total. The summed E-state index contributed by atoms with van der Waals surface area (Å²) in [5, 5.41) is 2.67. The fourth-order valence-corrected chi connectivity index (χ4v) is 2.09. The molecule has 1 aromatic rings. The summed E-state index contributed by atoms with van der Waals surface area (Å²) in [6.45, 7) is 6.08. The third-order valence-corrected chi connectivity index (χ3v) is 3.45. The van der Waals surface area contributed by atoms with E-state index in [1.807, 2.05) is 32.9 Å². The lowest BCUT2D eigenvalue weighted by Gasteiger charge is -2.19. The van der Waals surface area contributed by atoms with Gasteiger partial charge in [-0.25, -0.2) is 4.79 Å². The van der Waals surface area contributed by atoms with Crippen LogP contribution in [-0.2, 0) is 20.9 Å². The minimum absolute atomic E-state index is 0.177. The van der Waals surface area contributed by atoms with Gasteiger partial charge in [-0.15, -0.1) is 0 Å². The molecule has 0 saturated heterocycles. The van der Waals surface area contributed by atoms with Crippen LogP contribution in [0, 0.1) is 0 Å². The molecule has 1 rings (SSSR count). The van der Waals surface area contributed by atoms with Crippen LogP contribution in [0.15, 0.2) is 24.3 Å². The average Bonchev–Trinajstić information content (AvgIpc) is 2.58. The maximum absolute atomic E-state index is 11.9. The van der Waals surface area contributed by atoms with Crippen LogP contribution in [0.2, 0.25) is 0 Å². The molecular formula is C19H30N2O5. The van der Waals surface area contributed by atoms with Crippen molar-refractivity contribution in [3.8, 4) is 5.75 Å². The number of nitrogens with one attached hydrogen (secondary N) is 1. The van der Waals surface area contributed by atoms with E-state index in [2.05, 4.69) is 5.32 Å². The molecule has 0 spiro atoms. The average molecular weight is 366 g/mol. The molecule has 0 fully saturated rings. The summed E-state index contributed by atoms with van der Waals surface area (Å²) in [7, 11) is 1.59. The number of methoxy groups -OCH3 is 1. The highest BCUT2D eigenvalue weighted by Crippen LogP contribution is 2.12. The number of benzene rings is 1. The molecule has 0 bridgehead atoms. The summed E-state index contributed by atoms with van der Waals surface area (Å²) in [6.07, 6.45) is 1.46. The molecule has 0 heterocycles. The second kappa shape index (κ2) is 10.7. The zero-order chi connectivity index (χ0) is 19.6. The fourth-order valence-electron chi connectivity index (χ4n) is 2.09. The fraction of sp³-hybridized carbons (Fsp3) is 0.579. The van der Waals surface area contributed by atoms with Crippen LogP contribution in [0.4, 0.5) is 4.79 Å². The van der Waals surface area contributed by atoms with Gasteiger partial charge in [-0.3, -0.25) is 4.79 Å². The van der Waals surface area contributed by atoms with Crippen molar-refractivity contribution in [3.63, 3.8) is 0 Å². The van der Waals surface area contributed by atoms with Crippen LogP contribution in [-0.4, -0.2) is 37.4 Å². The van der Waals surface area contributed by atoms with Crippen LogP contribution in [0.25, 0.3) is 0 Å². The number of unbranched alkanes of at least 4 members (excludes halogenated alkanes) is 1. The number of alkyl carbamates (subject to hydrolysis) is 1. The molecule has 1 amide bonds. The van der Waals surface area contributed by atoms with Crippen molar-refractivity contribution in [3.05, 3.63) is 29.8 Å². The van der Waals surface area contributed by atoms with E-state index in [0.717, 1.165) is 11.3 Å². The third-order valence-electron chi connectivity index (χ3n) is 3.45. The highest BCUT2D eigenvalue weighted by molar-refractivity contribution is 5.75. The quantitative estimate of drug-likeness (QED) is 0.515. The van der Waals surface area contributed by atoms with Crippen LogP contribution in [0.3, 0.4) is 0 Å². The molecule has 0 aliphatic rings. The van der Waals surface area contributed by atoms with Gasteiger partial charge in [0.15, 0.2) is 0 Å². The van der Waals surface area contributed by atoms with E-state index in [4.69, 9.17) is 19.9 Å². The molecule has 0 aromatic heterocycles. The zero-order valence-electron chi connectivity index (χ0n) is 16.0. The molecule has 0 aliphatic carbocycles. The summed E-state index contributed by atoms with van der Waals surface area (Å²) < 4.78 is 15.4. The van der Waals surface area contributed by atoms with Crippen molar-refractivity contribution >= 4 is 12.1 Å². The number of ether oxygens (including phenoxy) is 3. The Bertz CT molecular complexity index is 566. The van der Waals surface area contributed by atoms with E-state index < -0.39 is 23.7 Å². The van der Waals surface area contributed by atoms with Crippen molar-refractivity contribution in [2.75, 3.05) is 13.7 Å². The normalized spacial score (nSPS) is 12.2. The SMILES string of the molecule is COc1ccc(COC(=O)[C@H](N)CCCCNC(=O)OC(C)(C)C)cc1. The van der Waals surface area contributed by atoms with E-state index >= 15 is 0 Å². The topological polar surface area (TPSA) is 99.9 Å². The van der Waals surface area contributed by atoms with Crippen molar-refractivity contribution in [1.29, 1.82) is 0 Å². The number of carbonyl (C=O) groups excluding carboxylic acids is 2. The Morgan fingerprint density at radius 1 is 1.15 bits per heavy atom. The largest absolute Gasteiger partial charge is 0.497 e. The number of rotatable bonds is 9. The van der Waals surface area contributed by atoms with E-state index in [1.54, 1.807) is 19.2 Å². The molecule has 0 aliphatic heterocycles. The van der Waals surface area contributed by atoms with E-state index in [-0.39, 0.29) is 6.61 Å². The van der Waals surface area contributed by atoms with Gasteiger partial charge in [0.2, 0.25) is 0 Å². The van der Waals surface area contributed by atoms with E-state index in [0.29, 0.717) is 25.8 Å². The molecule has 7 heteroatoms. The summed E-state index contributed by atoms with van der Waals surface area (Å²) in [5.41, 5.74) is 6.20. The zero-order valence-corrected chi connectivity index (χ0v) is 16.0. The van der Waals surface area contributed by atoms with E-state index in [9.17, 15) is 9.59 Å². The Labute approximate surface area is 155 Å². The monoisotopic (exact) mass is 366 g/mol. The minimum atomic E-state index is -0.672. The van der Waals surface area contributed by atoms with Gasteiger partial charge in [0.05, 0.1) is 7.11 Å². The Hall–Kier alpha value is -2.28. The Kier molecular flexibility index (Phi) is 8.92. The predicted octanol–water partition coefficient (Wildman–Crippen LogP) is 2.76. The Balaban J connectivity index is 2.17. The molecule has 7 nitrogen and oxygen atoms in total. The Morgan fingerprint density at radius 2 is 1.81 bits per heavy atom. The lowest BCUT2D eigenvalue weighted by molar-refractivity contribution is -0.146. The van der Waals surface area contributed by atoms with Gasteiger partial charge in [0.1, 0.15) is 24.0 Å². The first-order chi connectivity index (χ1) is 12.2. The Morgan fingerprint density at radius 3 is 2.38 bits per heavy atom. The van der Waals surface area contributed by atoms with Gasteiger partial charge in [0.25, 0.3) is 0 Å². The lowest BCUT2D eigenvalue weighted by Crippen LogP contribution is -2.34. The van der Waals surface area contributed by atoms with Gasteiger partial charge in [-0.05, 0) is 57.7 Å². The molecule has 0 saturated carbocycles. The van der Waals surface area contributed by atoms with Crippen LogP contribution < -0.4 is 15.8 Å². The summed E-state index contributed by atoms with van der Waals surface area (Å²) in [5.74, 6) is 0.317. The number of hydrogen-bond acceptors (Lipinski definition) is 6. The van der Waals surface area contributed by atoms with Crippen LogP contribution in [0.1, 0.15) is 45.6 Å². The number of carbonyl (C=O) groups is 2. The molecule has 1 aromatic carbocycles. The molecule has 1 atom stereocenters. The predicted molar refractivity (Wildman–Crippen MR) is 98.9 cm³/mol. The van der Waals surface area contributed by atoms with Crippen molar-refractivity contribution in [2.24, 2.45) is 5.73 Å². The van der Waals surface area contributed by atoms with Gasteiger partial charge in [-0.2, -0.15) is 0 Å². The highest BCUT2D eigenvalue weighted by Gasteiger charge is 2.16. The van der Waals surface area contributed by atoms with Gasteiger partial charge < -0.3 is 25.3 Å². The molecule has 26 heavy (non-hydrogen) atoms. The lowest BCUT2D eigenvalue weighted by atomic mass is 10.1. The first-order valence-electron chi connectivity index (χ1n) is 8.73. The number of hydrogen-bond donors (Lipinski definition) is 2. The van der Waals surface area contributed by atoms with Crippen LogP contribution in [0.5, 0.6) is 5.75 Å². The van der Waals surface area contributed by atoms with Crippen molar-refractivity contribution in [2.45, 2.75) is 58.3 Å². The second-order valence-electron chi connectivity index (χ2n) is 6.99. The van der Waals surface area contributed by atoms with Crippen molar-refractivity contribution in [1.82, 2.24) is 5.32 Å². The molecule has 0 radical (unpaired) electrons. The smallest absolute Gasteiger partial charge is 0.407 e. The van der Waals surface area contributed by atoms with Crippen LogP contribution >= 0.6 is 0 Å². The first-order valence-corrected chi connectivity index (χ1v) is 8.73. The van der Waals surface area contributed by atoms with E-state index in [1.165, 1.54) is 0 Å². The van der Waals surface area contributed by atoms with Gasteiger partial charge in [-0.1, -0.05) is 12.1 Å². The summed E-state index contributed by atoms with van der Waals surface area (Å²) in [6, 6.07) is 6.61. The maximum Gasteiger partial charge on any atom is 0.407 e. The number of amides is 1. The van der Waals surface area contributed by atoms with Gasteiger partial charge >= 0.3 is 12.1 Å². The summed E-state index contributed by atoms with van der Waals surface area (Å²) in [4.78, 5) is 23.4. The molecular weight excluding hydrogens is 336 g/mol. The number of esters is 1. The molecule has 146 valence electrons. The minimum Gasteiger partial charge on any atom is -0.497 e. The standard InChI is InChI=1S/C19H30N2O5/c1-19(2,3)26-18(23)21-12-6-5-7-16(20)17(22)25-13-14-8-10-15(24-4)11-9-14/h8-11,16H,5-7,12-13,20H2,1-4H3,(H,21,23)/t16-/m1/s1. The third kappa shape index (κ3) is 9.27. The first kappa shape index (κ1) is 21.8. The number of nitrogens with two attached hydrogens (primary N) is 1. The second-order valence-corrected chi connectivity index (χ2v) is 6.99. The maximum atomic E-state index is 11.9.